The minimum absolute atomic E-state index is 0.102. The maximum Gasteiger partial charge on any atom is 0.227 e. The normalized spacial score (nSPS) is 25.7. The number of nitrogens with zero attached hydrogens (tertiary/aromatic N) is 2. The van der Waals surface area contributed by atoms with Crippen molar-refractivity contribution in [3.8, 4) is 5.75 Å². The average Bonchev–Trinajstić information content (AvgIpc) is 3.31. The summed E-state index contributed by atoms with van der Waals surface area (Å²) in [6, 6.07) is 8.29. The maximum atomic E-state index is 13.2. The van der Waals surface area contributed by atoms with E-state index in [9.17, 15) is 4.79 Å². The molecule has 3 aliphatic rings. The number of hydrogen-bond donors (Lipinski definition) is 0. The van der Waals surface area contributed by atoms with Crippen LogP contribution in [-0.2, 0) is 16.1 Å². The Labute approximate surface area is 156 Å². The highest BCUT2D eigenvalue weighted by Crippen LogP contribution is 2.45. The zero-order valence-corrected chi connectivity index (χ0v) is 15.8. The van der Waals surface area contributed by atoms with E-state index in [1.54, 1.807) is 7.11 Å². The highest BCUT2D eigenvalue weighted by atomic mass is 16.5. The summed E-state index contributed by atoms with van der Waals surface area (Å²) in [4.78, 5) is 17.8. The molecule has 0 aromatic heterocycles. The first-order valence-electron chi connectivity index (χ1n) is 9.92. The third-order valence-electron chi connectivity index (χ3n) is 6.49. The topological polar surface area (TPSA) is 42.0 Å². The number of hydrogen-bond acceptors (Lipinski definition) is 4. The summed E-state index contributed by atoms with van der Waals surface area (Å²) in [5, 5.41) is 0. The van der Waals surface area contributed by atoms with Gasteiger partial charge in [0.05, 0.1) is 13.0 Å². The van der Waals surface area contributed by atoms with E-state index in [0.29, 0.717) is 5.91 Å². The predicted molar refractivity (Wildman–Crippen MR) is 100 cm³/mol. The molecule has 3 heterocycles. The van der Waals surface area contributed by atoms with E-state index in [1.807, 2.05) is 12.1 Å². The van der Waals surface area contributed by atoms with Crippen LogP contribution in [-0.4, -0.2) is 62.2 Å². The van der Waals surface area contributed by atoms with E-state index in [0.717, 1.165) is 77.4 Å². The second kappa shape index (κ2) is 7.57. The van der Waals surface area contributed by atoms with Crippen LogP contribution in [0.15, 0.2) is 24.3 Å². The molecule has 5 nitrogen and oxygen atoms in total. The fourth-order valence-corrected chi connectivity index (χ4v) is 4.96. The lowest BCUT2D eigenvalue weighted by Gasteiger charge is -2.38. The summed E-state index contributed by atoms with van der Waals surface area (Å²) >= 11 is 0. The zero-order chi connectivity index (χ0) is 18.0. The number of likely N-dealkylation sites (tertiary alicyclic amines) is 2. The molecule has 3 aliphatic heterocycles. The van der Waals surface area contributed by atoms with Crippen LogP contribution in [0.5, 0.6) is 5.75 Å². The quantitative estimate of drug-likeness (QED) is 0.830. The first kappa shape index (κ1) is 17.8. The number of carbonyl (C=O) groups excluding carboxylic acids is 1. The van der Waals surface area contributed by atoms with Gasteiger partial charge in [0, 0.05) is 51.4 Å². The Bertz CT molecular complexity index is 619. The van der Waals surface area contributed by atoms with Gasteiger partial charge in [-0.15, -0.1) is 0 Å². The predicted octanol–water partition coefficient (Wildman–Crippen LogP) is 2.55. The average molecular weight is 358 g/mol. The van der Waals surface area contributed by atoms with Gasteiger partial charge in [0.2, 0.25) is 5.91 Å². The van der Waals surface area contributed by atoms with Gasteiger partial charge >= 0.3 is 0 Å². The smallest absolute Gasteiger partial charge is 0.227 e. The van der Waals surface area contributed by atoms with Crippen LogP contribution < -0.4 is 4.74 Å². The third kappa shape index (κ3) is 3.47. The molecule has 3 fully saturated rings. The molecule has 1 aromatic carbocycles. The summed E-state index contributed by atoms with van der Waals surface area (Å²) in [7, 11) is 1.69. The highest BCUT2D eigenvalue weighted by molar-refractivity contribution is 5.80. The largest absolute Gasteiger partial charge is 0.497 e. The SMILES string of the molecule is COc1ccc(CN2CC(C(=O)N3CCCC3)C3(CCOCC3)C2)cc1. The van der Waals surface area contributed by atoms with Gasteiger partial charge in [0.25, 0.3) is 0 Å². The molecular weight excluding hydrogens is 328 g/mol. The second-order valence-corrected chi connectivity index (χ2v) is 8.08. The minimum Gasteiger partial charge on any atom is -0.497 e. The van der Waals surface area contributed by atoms with Gasteiger partial charge < -0.3 is 14.4 Å². The van der Waals surface area contributed by atoms with Gasteiger partial charge in [-0.25, -0.2) is 0 Å². The van der Waals surface area contributed by atoms with Gasteiger partial charge in [0.1, 0.15) is 5.75 Å². The molecule has 0 saturated carbocycles. The van der Waals surface area contributed by atoms with E-state index in [4.69, 9.17) is 9.47 Å². The number of carbonyl (C=O) groups is 1. The van der Waals surface area contributed by atoms with Crippen LogP contribution in [0.25, 0.3) is 0 Å². The van der Waals surface area contributed by atoms with E-state index >= 15 is 0 Å². The Morgan fingerprint density at radius 3 is 2.54 bits per heavy atom. The summed E-state index contributed by atoms with van der Waals surface area (Å²) in [6.45, 7) is 6.26. The Morgan fingerprint density at radius 1 is 1.19 bits per heavy atom. The Hall–Kier alpha value is -1.59. The fourth-order valence-electron chi connectivity index (χ4n) is 4.96. The van der Waals surface area contributed by atoms with Crippen molar-refractivity contribution in [1.82, 2.24) is 9.80 Å². The molecule has 142 valence electrons. The molecule has 3 saturated heterocycles. The first-order chi connectivity index (χ1) is 12.7. The minimum atomic E-state index is 0.102. The summed E-state index contributed by atoms with van der Waals surface area (Å²) in [6.07, 6.45) is 4.33. The maximum absolute atomic E-state index is 13.2. The number of benzene rings is 1. The standard InChI is InChI=1S/C21H30N2O3/c1-25-18-6-4-17(5-7-18)14-22-15-19(20(24)23-10-2-3-11-23)21(16-22)8-12-26-13-9-21/h4-7,19H,2-3,8-16H2,1H3. The Morgan fingerprint density at radius 2 is 1.88 bits per heavy atom. The fraction of sp³-hybridized carbons (Fsp3) is 0.667. The highest BCUT2D eigenvalue weighted by Gasteiger charge is 2.51. The molecular formula is C21H30N2O3. The number of rotatable bonds is 4. The molecule has 0 N–H and O–H groups in total. The molecule has 0 bridgehead atoms. The Balaban J connectivity index is 1.49. The van der Waals surface area contributed by atoms with Crippen LogP contribution in [0.3, 0.4) is 0 Å². The van der Waals surface area contributed by atoms with Gasteiger partial charge in [0.15, 0.2) is 0 Å². The number of ether oxygens (including phenoxy) is 2. The lowest BCUT2D eigenvalue weighted by atomic mass is 9.71. The number of amides is 1. The van der Waals surface area contributed by atoms with E-state index in [-0.39, 0.29) is 11.3 Å². The lowest BCUT2D eigenvalue weighted by Crippen LogP contribution is -2.45. The van der Waals surface area contributed by atoms with Crippen LogP contribution >= 0.6 is 0 Å². The van der Waals surface area contributed by atoms with E-state index in [1.165, 1.54) is 5.56 Å². The second-order valence-electron chi connectivity index (χ2n) is 8.08. The molecule has 0 radical (unpaired) electrons. The third-order valence-corrected chi connectivity index (χ3v) is 6.49. The van der Waals surface area contributed by atoms with Crippen molar-refractivity contribution in [1.29, 1.82) is 0 Å². The van der Waals surface area contributed by atoms with E-state index < -0.39 is 0 Å². The van der Waals surface area contributed by atoms with Crippen molar-refractivity contribution in [2.45, 2.75) is 32.2 Å². The van der Waals surface area contributed by atoms with Gasteiger partial charge in [-0.1, -0.05) is 12.1 Å². The van der Waals surface area contributed by atoms with Crippen molar-refractivity contribution < 1.29 is 14.3 Å². The summed E-state index contributed by atoms with van der Waals surface area (Å²) in [5.41, 5.74) is 1.38. The molecule has 0 aliphatic carbocycles. The van der Waals surface area contributed by atoms with Crippen LogP contribution in [0.1, 0.15) is 31.2 Å². The van der Waals surface area contributed by atoms with Crippen LogP contribution in [0, 0.1) is 11.3 Å². The van der Waals surface area contributed by atoms with Crippen LogP contribution in [0.2, 0.25) is 0 Å². The van der Waals surface area contributed by atoms with Crippen molar-refractivity contribution in [3.63, 3.8) is 0 Å². The monoisotopic (exact) mass is 358 g/mol. The van der Waals surface area contributed by atoms with Gasteiger partial charge in [-0.3, -0.25) is 9.69 Å². The molecule has 1 aromatic rings. The molecule has 5 heteroatoms. The number of methoxy groups -OCH3 is 1. The molecule has 26 heavy (non-hydrogen) atoms. The lowest BCUT2D eigenvalue weighted by molar-refractivity contribution is -0.139. The van der Waals surface area contributed by atoms with Crippen molar-refractivity contribution in [2.75, 3.05) is 46.5 Å². The summed E-state index contributed by atoms with van der Waals surface area (Å²) in [5.74, 6) is 1.41. The molecule has 1 amide bonds. The van der Waals surface area contributed by atoms with Gasteiger partial charge in [-0.05, 0) is 43.4 Å². The first-order valence-corrected chi connectivity index (χ1v) is 9.92. The van der Waals surface area contributed by atoms with E-state index in [2.05, 4.69) is 21.9 Å². The van der Waals surface area contributed by atoms with Crippen LogP contribution in [0.4, 0.5) is 0 Å². The Kier molecular flexibility index (Phi) is 5.18. The molecule has 1 atom stereocenters. The van der Waals surface area contributed by atoms with Crippen molar-refractivity contribution in [3.05, 3.63) is 29.8 Å². The zero-order valence-electron chi connectivity index (χ0n) is 15.8. The summed E-state index contributed by atoms with van der Waals surface area (Å²) < 4.78 is 10.9. The molecule has 1 unspecified atom stereocenters. The van der Waals surface area contributed by atoms with Gasteiger partial charge in [-0.2, -0.15) is 0 Å². The molecule has 4 rings (SSSR count). The van der Waals surface area contributed by atoms with Crippen molar-refractivity contribution in [2.24, 2.45) is 11.3 Å². The molecule has 1 spiro atoms. The van der Waals surface area contributed by atoms with Crippen molar-refractivity contribution >= 4 is 5.91 Å².